The molecular formula is C21H18FN3S2. The van der Waals surface area contributed by atoms with E-state index in [9.17, 15) is 4.39 Å². The van der Waals surface area contributed by atoms with Crippen molar-refractivity contribution < 1.29 is 4.39 Å². The summed E-state index contributed by atoms with van der Waals surface area (Å²) in [5.74, 6) is -0.250. The van der Waals surface area contributed by atoms with Crippen LogP contribution in [0.5, 0.6) is 0 Å². The van der Waals surface area contributed by atoms with Crippen LogP contribution in [0.2, 0.25) is 0 Å². The first-order valence-electron chi connectivity index (χ1n) is 8.68. The first-order chi connectivity index (χ1) is 13.2. The smallest absolute Gasteiger partial charge is 0.190 e. The molecule has 4 rings (SSSR count). The summed E-state index contributed by atoms with van der Waals surface area (Å²) in [6, 6.07) is 20.7. The first-order valence-corrected chi connectivity index (χ1v) is 9.97. The molecule has 0 bridgehead atoms. The zero-order valence-electron chi connectivity index (χ0n) is 14.5. The number of rotatable bonds is 4. The fraction of sp³-hybridized carbons (Fsp3) is 0.143. The van der Waals surface area contributed by atoms with Gasteiger partial charge < -0.3 is 5.32 Å². The van der Waals surface area contributed by atoms with Gasteiger partial charge in [-0.3, -0.25) is 0 Å². The quantitative estimate of drug-likeness (QED) is 0.622. The van der Waals surface area contributed by atoms with E-state index in [4.69, 9.17) is 17.3 Å². The lowest BCUT2D eigenvalue weighted by molar-refractivity contribution is 0.362. The van der Waals surface area contributed by atoms with E-state index in [0.29, 0.717) is 18.1 Å². The highest BCUT2D eigenvalue weighted by Crippen LogP contribution is 2.34. The first kappa shape index (κ1) is 17.8. The molecule has 0 saturated carbocycles. The number of thiophene rings is 1. The second kappa shape index (κ2) is 7.98. The van der Waals surface area contributed by atoms with E-state index < -0.39 is 0 Å². The minimum Gasteiger partial charge on any atom is -0.357 e. The molecule has 0 radical (unpaired) electrons. The van der Waals surface area contributed by atoms with Crippen LogP contribution in [0.4, 0.5) is 4.39 Å². The summed E-state index contributed by atoms with van der Waals surface area (Å²) in [5.41, 5.74) is 2.99. The highest BCUT2D eigenvalue weighted by atomic mass is 32.1. The van der Waals surface area contributed by atoms with Gasteiger partial charge in [0.1, 0.15) is 5.82 Å². The number of nitrogens with zero attached hydrogens (tertiary/aromatic N) is 2. The lowest BCUT2D eigenvalue weighted by Gasteiger charge is -2.25. The average molecular weight is 396 g/mol. The Morgan fingerprint density at radius 3 is 2.74 bits per heavy atom. The Morgan fingerprint density at radius 2 is 2.00 bits per heavy atom. The largest absolute Gasteiger partial charge is 0.357 e. The van der Waals surface area contributed by atoms with Crippen LogP contribution in [0.15, 0.2) is 77.2 Å². The van der Waals surface area contributed by atoms with Crippen LogP contribution in [-0.2, 0) is 6.54 Å². The van der Waals surface area contributed by atoms with Gasteiger partial charge in [-0.25, -0.2) is 9.40 Å². The van der Waals surface area contributed by atoms with Gasteiger partial charge in [0.25, 0.3) is 0 Å². The summed E-state index contributed by atoms with van der Waals surface area (Å²) in [6.45, 7) is 0.621. The predicted molar refractivity (Wildman–Crippen MR) is 112 cm³/mol. The Kier molecular flexibility index (Phi) is 5.27. The van der Waals surface area contributed by atoms with E-state index in [2.05, 4.69) is 11.4 Å². The summed E-state index contributed by atoms with van der Waals surface area (Å²) in [4.78, 5) is 1.12. The molecule has 0 saturated heterocycles. The van der Waals surface area contributed by atoms with Crippen molar-refractivity contribution in [2.24, 2.45) is 5.10 Å². The predicted octanol–water partition coefficient (Wildman–Crippen LogP) is 5.11. The Hall–Kier alpha value is -2.57. The minimum atomic E-state index is -0.250. The lowest BCUT2D eigenvalue weighted by atomic mass is 10.0. The lowest BCUT2D eigenvalue weighted by Crippen LogP contribution is -2.36. The van der Waals surface area contributed by atoms with Crippen molar-refractivity contribution in [3.8, 4) is 0 Å². The van der Waals surface area contributed by atoms with Crippen LogP contribution < -0.4 is 5.32 Å². The highest BCUT2D eigenvalue weighted by Gasteiger charge is 2.31. The van der Waals surface area contributed by atoms with Crippen LogP contribution in [0.25, 0.3) is 0 Å². The number of thiocarbonyl (C=S) groups is 1. The van der Waals surface area contributed by atoms with Gasteiger partial charge in [0, 0.05) is 13.0 Å². The normalized spacial score (nSPS) is 16.3. The van der Waals surface area contributed by atoms with Crippen LogP contribution in [0.1, 0.15) is 28.5 Å². The summed E-state index contributed by atoms with van der Waals surface area (Å²) in [7, 11) is 0. The van der Waals surface area contributed by atoms with Crippen LogP contribution in [-0.4, -0.2) is 15.8 Å². The van der Waals surface area contributed by atoms with Gasteiger partial charge in [0.15, 0.2) is 5.11 Å². The minimum absolute atomic E-state index is 0.117. The molecule has 0 fully saturated rings. The maximum Gasteiger partial charge on any atom is 0.190 e. The topological polar surface area (TPSA) is 27.6 Å². The Labute approximate surface area is 167 Å². The SMILES string of the molecule is Fc1cccc(C2CC(c3cccs3)=NN2C(=S)NCc2ccccc2)c1. The molecule has 27 heavy (non-hydrogen) atoms. The van der Waals surface area contributed by atoms with Crippen LogP contribution >= 0.6 is 23.6 Å². The van der Waals surface area contributed by atoms with E-state index in [0.717, 1.165) is 21.7 Å². The molecule has 6 heteroatoms. The van der Waals surface area contributed by atoms with Crippen molar-refractivity contribution in [1.29, 1.82) is 0 Å². The van der Waals surface area contributed by atoms with Crippen molar-refractivity contribution >= 4 is 34.4 Å². The van der Waals surface area contributed by atoms with Crippen LogP contribution in [0, 0.1) is 5.82 Å². The van der Waals surface area contributed by atoms with Crippen LogP contribution in [0.3, 0.4) is 0 Å². The molecule has 1 aliphatic rings. The van der Waals surface area contributed by atoms with Crippen molar-refractivity contribution in [3.63, 3.8) is 0 Å². The van der Waals surface area contributed by atoms with E-state index >= 15 is 0 Å². The van der Waals surface area contributed by atoms with Crippen molar-refractivity contribution in [2.45, 2.75) is 19.0 Å². The molecule has 1 N–H and O–H groups in total. The summed E-state index contributed by atoms with van der Waals surface area (Å²) in [6.07, 6.45) is 0.692. The maximum absolute atomic E-state index is 13.8. The van der Waals surface area contributed by atoms with E-state index in [1.54, 1.807) is 23.5 Å². The molecule has 0 amide bonds. The second-order valence-electron chi connectivity index (χ2n) is 6.29. The van der Waals surface area contributed by atoms with Crippen molar-refractivity contribution in [1.82, 2.24) is 10.3 Å². The average Bonchev–Trinajstić information content (AvgIpc) is 3.36. The summed E-state index contributed by atoms with van der Waals surface area (Å²) < 4.78 is 13.8. The van der Waals surface area contributed by atoms with Crippen molar-refractivity contribution in [3.05, 3.63) is 93.9 Å². The molecule has 2 heterocycles. The van der Waals surface area contributed by atoms with Gasteiger partial charge in [0.2, 0.25) is 0 Å². The molecule has 1 aromatic heterocycles. The molecule has 3 aromatic rings. The number of benzene rings is 2. The van der Waals surface area contributed by atoms with Crippen molar-refractivity contribution in [2.75, 3.05) is 0 Å². The molecule has 1 aliphatic heterocycles. The molecule has 0 spiro atoms. The Morgan fingerprint density at radius 1 is 1.15 bits per heavy atom. The van der Waals surface area contributed by atoms with Gasteiger partial charge in [-0.2, -0.15) is 5.10 Å². The third kappa shape index (κ3) is 4.07. The molecule has 0 aliphatic carbocycles. The maximum atomic E-state index is 13.8. The highest BCUT2D eigenvalue weighted by molar-refractivity contribution is 7.80. The number of halogens is 1. The van der Waals surface area contributed by atoms with E-state index in [-0.39, 0.29) is 11.9 Å². The molecule has 136 valence electrons. The van der Waals surface area contributed by atoms with Gasteiger partial charge in [-0.15, -0.1) is 11.3 Å². The molecule has 1 unspecified atom stereocenters. The third-order valence-electron chi connectivity index (χ3n) is 4.44. The molecule has 1 atom stereocenters. The van der Waals surface area contributed by atoms with Gasteiger partial charge in [-0.1, -0.05) is 48.5 Å². The number of nitrogens with one attached hydrogen (secondary N) is 1. The monoisotopic (exact) mass is 395 g/mol. The fourth-order valence-electron chi connectivity index (χ4n) is 3.12. The third-order valence-corrected chi connectivity index (χ3v) is 5.69. The molecule has 2 aromatic carbocycles. The zero-order chi connectivity index (χ0) is 18.6. The standard InChI is InChI=1S/C21H18FN3S2/c22-17-9-4-8-16(12-17)19-13-18(20-10-5-11-27-20)24-25(19)21(26)23-14-15-6-2-1-3-7-15/h1-12,19H,13-14H2,(H,23,26). The Bertz CT molecular complexity index is 955. The number of hydrazone groups is 1. The summed E-state index contributed by atoms with van der Waals surface area (Å²) in [5, 5.41) is 12.4. The Balaban J connectivity index is 1.57. The number of hydrogen-bond acceptors (Lipinski definition) is 3. The molecule has 3 nitrogen and oxygen atoms in total. The second-order valence-corrected chi connectivity index (χ2v) is 7.62. The fourth-order valence-corrected chi connectivity index (χ4v) is 4.08. The van der Waals surface area contributed by atoms with E-state index in [1.165, 1.54) is 6.07 Å². The van der Waals surface area contributed by atoms with Gasteiger partial charge >= 0.3 is 0 Å². The van der Waals surface area contributed by atoms with Gasteiger partial charge in [0.05, 0.1) is 16.6 Å². The van der Waals surface area contributed by atoms with Gasteiger partial charge in [-0.05, 0) is 46.9 Å². The molecular weight excluding hydrogens is 377 g/mol. The zero-order valence-corrected chi connectivity index (χ0v) is 16.1. The summed E-state index contributed by atoms with van der Waals surface area (Å²) >= 11 is 7.27. The van der Waals surface area contributed by atoms with E-state index in [1.807, 2.05) is 52.9 Å². The number of hydrogen-bond donors (Lipinski definition) is 1.